The Hall–Kier alpha value is -4.26. The summed E-state index contributed by atoms with van der Waals surface area (Å²) in [5, 5.41) is 13.4. The van der Waals surface area contributed by atoms with Gasteiger partial charge >= 0.3 is 12.3 Å². The van der Waals surface area contributed by atoms with Crippen LogP contribution >= 0.6 is 0 Å². The lowest BCUT2D eigenvalue weighted by atomic mass is 10.0. The summed E-state index contributed by atoms with van der Waals surface area (Å²) in [6, 6.07) is 1.28. The molecule has 19 heteroatoms. The van der Waals surface area contributed by atoms with Gasteiger partial charge in [-0.25, -0.2) is 17.6 Å². The van der Waals surface area contributed by atoms with Crippen LogP contribution in [0.1, 0.15) is 68.9 Å². The first kappa shape index (κ1) is 37.5. The van der Waals surface area contributed by atoms with Gasteiger partial charge in [0.2, 0.25) is 27.9 Å². The average molecular weight is 758 g/mol. The second-order valence-electron chi connectivity index (χ2n) is 14.0. The van der Waals surface area contributed by atoms with E-state index in [0.717, 1.165) is 4.90 Å². The number of carbonyl (C=O) groups excluding carboxylic acids is 5. The maximum absolute atomic E-state index is 14.4. The average Bonchev–Trinajstić information content (AvgIpc) is 3.96. The van der Waals surface area contributed by atoms with Crippen molar-refractivity contribution < 1.29 is 59.8 Å². The first-order valence-corrected chi connectivity index (χ1v) is 18.7. The van der Waals surface area contributed by atoms with Gasteiger partial charge < -0.3 is 25.4 Å². The molecule has 4 N–H and O–H groups in total. The molecule has 6 rings (SSSR count). The Morgan fingerprint density at radius 3 is 2.52 bits per heavy atom. The highest BCUT2D eigenvalue weighted by molar-refractivity contribution is 7.91. The molecule has 2 saturated carbocycles. The number of hydrogen-bond acceptors (Lipinski definition) is 9. The Bertz CT molecular complexity index is 1770. The topological polar surface area (TPSA) is 192 Å². The Kier molecular flexibility index (Phi) is 10.3. The number of aliphatic hydroxyl groups excluding tert-OH is 1. The normalized spacial score (nSPS) is 28.7. The van der Waals surface area contributed by atoms with Crippen LogP contribution in [0, 0.1) is 11.7 Å². The molecule has 52 heavy (non-hydrogen) atoms. The molecule has 3 heterocycles. The quantitative estimate of drug-likeness (QED) is 0.247. The summed E-state index contributed by atoms with van der Waals surface area (Å²) in [4.78, 5) is 69.5. The highest BCUT2D eigenvalue weighted by Crippen LogP contribution is 2.46. The fraction of sp³-hybridized carbons (Fsp3) is 0.606. The second-order valence-corrected chi connectivity index (χ2v) is 16.0. The molecule has 0 spiro atoms. The van der Waals surface area contributed by atoms with Crippen LogP contribution < -0.4 is 15.4 Å². The molecule has 284 valence electrons. The molecule has 1 aromatic rings. The van der Waals surface area contributed by atoms with E-state index >= 15 is 0 Å². The van der Waals surface area contributed by atoms with Crippen LogP contribution in [0.2, 0.25) is 0 Å². The molecule has 1 aromatic carbocycles. The lowest BCUT2D eigenvalue weighted by molar-refractivity contribution is -0.205. The number of allylic oxidation sites excluding steroid dienone is 1. The van der Waals surface area contributed by atoms with Gasteiger partial charge in [-0.05, 0) is 50.2 Å². The van der Waals surface area contributed by atoms with E-state index < -0.39 is 99.3 Å². The van der Waals surface area contributed by atoms with Crippen molar-refractivity contribution in [3.05, 3.63) is 47.3 Å². The summed E-state index contributed by atoms with van der Waals surface area (Å²) in [5.74, 6) is -5.86. The third-order valence-electron chi connectivity index (χ3n) is 10.2. The zero-order valence-electron chi connectivity index (χ0n) is 27.9. The molecule has 1 saturated heterocycles. The number of rotatable bonds is 6. The second kappa shape index (κ2) is 14.3. The minimum absolute atomic E-state index is 0.0249. The first-order valence-electron chi connectivity index (χ1n) is 17.1. The third-order valence-corrected chi connectivity index (χ3v) is 12.0. The highest BCUT2D eigenvalue weighted by Gasteiger charge is 2.62. The molecule has 0 aromatic heterocycles. The van der Waals surface area contributed by atoms with Crippen molar-refractivity contribution in [2.45, 2.75) is 112 Å². The van der Waals surface area contributed by atoms with Crippen molar-refractivity contribution in [2.24, 2.45) is 5.92 Å². The molecule has 5 aliphatic rings. The molecule has 14 nitrogen and oxygen atoms in total. The van der Waals surface area contributed by atoms with Gasteiger partial charge in [-0.1, -0.05) is 37.1 Å². The van der Waals surface area contributed by atoms with Gasteiger partial charge in [-0.3, -0.25) is 28.8 Å². The smallest absolute Gasteiger partial charge is 0.423 e. The highest BCUT2D eigenvalue weighted by atomic mass is 32.2. The number of benzene rings is 1. The van der Waals surface area contributed by atoms with Crippen molar-refractivity contribution >= 4 is 39.7 Å². The fourth-order valence-corrected chi connectivity index (χ4v) is 8.34. The van der Waals surface area contributed by atoms with Crippen LogP contribution in [0.3, 0.4) is 0 Å². The Morgan fingerprint density at radius 1 is 1.08 bits per heavy atom. The molecule has 3 aliphatic heterocycles. The zero-order valence-corrected chi connectivity index (χ0v) is 28.7. The molecular formula is C33H39F4N5O9S. The lowest BCUT2D eigenvalue weighted by Crippen LogP contribution is -2.59. The molecule has 6 atom stereocenters. The van der Waals surface area contributed by atoms with E-state index in [1.54, 1.807) is 18.2 Å². The van der Waals surface area contributed by atoms with Crippen molar-refractivity contribution in [3.8, 4) is 0 Å². The molecule has 3 fully saturated rings. The molecule has 0 radical (unpaired) electrons. The van der Waals surface area contributed by atoms with Crippen molar-refractivity contribution in [1.82, 2.24) is 25.2 Å². The number of alkyl halides is 3. The number of halogens is 4. The van der Waals surface area contributed by atoms with E-state index in [9.17, 15) is 55.1 Å². The van der Waals surface area contributed by atoms with E-state index in [-0.39, 0.29) is 38.8 Å². The van der Waals surface area contributed by atoms with Crippen molar-refractivity contribution in [1.29, 1.82) is 0 Å². The van der Waals surface area contributed by atoms with Gasteiger partial charge in [0.15, 0.2) is 0 Å². The fourth-order valence-electron chi connectivity index (χ4n) is 6.97. The molecule has 5 amide bonds. The lowest BCUT2D eigenvalue weighted by Gasteiger charge is -2.30. The summed E-state index contributed by atoms with van der Waals surface area (Å²) in [7, 11) is -4.01. The summed E-state index contributed by atoms with van der Waals surface area (Å²) in [6.07, 6.45) is -5.24. The van der Waals surface area contributed by atoms with E-state index in [0.29, 0.717) is 43.2 Å². The van der Waals surface area contributed by atoms with Crippen molar-refractivity contribution in [3.63, 3.8) is 0 Å². The summed E-state index contributed by atoms with van der Waals surface area (Å²) in [5.41, 5.74) is -0.840. The van der Waals surface area contributed by atoms with Gasteiger partial charge in [-0.2, -0.15) is 13.2 Å². The number of sulfonamides is 1. The minimum Gasteiger partial charge on any atom is -0.444 e. The van der Waals surface area contributed by atoms with Gasteiger partial charge in [0.25, 0.3) is 11.8 Å². The van der Waals surface area contributed by atoms with E-state index in [2.05, 4.69) is 10.0 Å². The zero-order chi connectivity index (χ0) is 37.6. The predicted molar refractivity (Wildman–Crippen MR) is 171 cm³/mol. The van der Waals surface area contributed by atoms with Crippen LogP contribution in [0.15, 0.2) is 30.4 Å². The van der Waals surface area contributed by atoms with Gasteiger partial charge in [0.1, 0.15) is 29.5 Å². The Balaban J connectivity index is 1.26. The van der Waals surface area contributed by atoms with Gasteiger partial charge in [0.05, 0.1) is 18.3 Å². The van der Waals surface area contributed by atoms with Gasteiger partial charge in [-0.15, -0.1) is 0 Å². The number of nitrogens with one attached hydrogen (secondary N) is 3. The summed E-state index contributed by atoms with van der Waals surface area (Å²) < 4.78 is 87.0. The maximum Gasteiger partial charge on any atom is 0.423 e. The van der Waals surface area contributed by atoms with Crippen LogP contribution in [0.5, 0.6) is 0 Å². The molecule has 0 bridgehead atoms. The van der Waals surface area contributed by atoms with Crippen LogP contribution in [-0.4, -0.2) is 101 Å². The van der Waals surface area contributed by atoms with Crippen LogP contribution in [-0.2, 0) is 47.0 Å². The molecule has 2 aliphatic carbocycles. The van der Waals surface area contributed by atoms with E-state index in [1.165, 1.54) is 17.0 Å². The summed E-state index contributed by atoms with van der Waals surface area (Å²) >= 11 is 0. The number of aliphatic hydroxyl groups is 1. The van der Waals surface area contributed by atoms with E-state index in [1.807, 2.05) is 5.32 Å². The number of fused-ring (bicyclic) bond motifs is 3. The summed E-state index contributed by atoms with van der Waals surface area (Å²) in [6.45, 7) is -0.520. The number of ether oxygens (including phenoxy) is 1. The predicted octanol–water partition coefficient (Wildman–Crippen LogP) is 1.66. The van der Waals surface area contributed by atoms with E-state index in [4.69, 9.17) is 4.74 Å². The first-order chi connectivity index (χ1) is 24.5. The van der Waals surface area contributed by atoms with Crippen LogP contribution in [0.4, 0.5) is 22.4 Å². The number of carbonyl (C=O) groups is 5. The molecular weight excluding hydrogens is 718 g/mol. The molecule has 1 unspecified atom stereocenters. The monoisotopic (exact) mass is 757 g/mol. The van der Waals surface area contributed by atoms with Crippen LogP contribution in [0.25, 0.3) is 0 Å². The van der Waals surface area contributed by atoms with Gasteiger partial charge in [0, 0.05) is 24.4 Å². The minimum atomic E-state index is -5.32. The third kappa shape index (κ3) is 7.89. The number of hydrogen-bond donors (Lipinski definition) is 4. The Morgan fingerprint density at radius 2 is 1.83 bits per heavy atom. The SMILES string of the molecule is O=C(N[C@H]1CCCCCC=C[C@@H]2C[C@@]2(C(=O)NS(=O)(=O)C2CC2)NC(=O)[C@@H]2C[C@@H](OC(=O)N3Cc4cccc(F)c4C3)CN2C1=O)C(O)C(F)(F)F. The van der Waals surface area contributed by atoms with Crippen molar-refractivity contribution in [2.75, 3.05) is 6.54 Å². The maximum atomic E-state index is 14.4. The number of nitrogens with zero attached hydrogens (tertiary/aromatic N) is 2. The number of amides is 5. The Labute approximate surface area is 296 Å². The largest absolute Gasteiger partial charge is 0.444 e. The standard InChI is InChI=1S/C33H39F4N5O9S/c34-23-9-6-7-18-15-41(17-22(18)23)31(48)51-20-13-25-27(44)39-32(30(47)40-52(49,50)21-11-12-21)14-19(32)8-4-2-1-3-5-10-24(29(46)42(25)16-20)38-28(45)26(43)33(35,36)37/h4,6-9,19-21,24-26,43H,1-3,5,10-17H2,(H,38,45)(H,39,44)(H,40,47)/t19-,20-,24+,25+,26?,32-/m1/s1.